The molecular formula is C20H21N3O3. The van der Waals surface area contributed by atoms with E-state index in [0.717, 1.165) is 22.0 Å². The van der Waals surface area contributed by atoms with Crippen molar-refractivity contribution in [2.75, 3.05) is 0 Å². The summed E-state index contributed by atoms with van der Waals surface area (Å²) in [5, 5.41) is 11.0. The molecule has 0 aliphatic heterocycles. The van der Waals surface area contributed by atoms with Gasteiger partial charge in [0.2, 0.25) is 5.88 Å². The van der Waals surface area contributed by atoms with Crippen LogP contribution in [-0.2, 0) is 4.79 Å². The quantitative estimate of drug-likeness (QED) is 0.703. The van der Waals surface area contributed by atoms with Gasteiger partial charge in [0.1, 0.15) is 11.8 Å². The number of rotatable bonds is 6. The molecule has 0 aliphatic rings. The third-order valence-electron chi connectivity index (χ3n) is 4.41. The first-order chi connectivity index (χ1) is 12.5. The van der Waals surface area contributed by atoms with Crippen LogP contribution >= 0.6 is 0 Å². The number of carboxylic acid groups (broad SMARTS) is 1. The van der Waals surface area contributed by atoms with E-state index in [9.17, 15) is 4.79 Å². The number of hydrogen-bond acceptors (Lipinski definition) is 5. The molecule has 26 heavy (non-hydrogen) atoms. The summed E-state index contributed by atoms with van der Waals surface area (Å²) in [6.07, 6.45) is 4.10. The van der Waals surface area contributed by atoms with Crippen molar-refractivity contribution in [1.29, 1.82) is 0 Å². The van der Waals surface area contributed by atoms with E-state index < -0.39 is 12.0 Å². The molecule has 0 bridgehead atoms. The van der Waals surface area contributed by atoms with Gasteiger partial charge >= 0.3 is 5.97 Å². The lowest BCUT2D eigenvalue weighted by molar-refractivity contribution is -0.139. The van der Waals surface area contributed by atoms with E-state index in [-0.39, 0.29) is 5.92 Å². The standard InChI is InChI=1S/C20H21N3O3/c1-3-16(18(21)20(24)25)13-4-6-15(7-5-13)26-19-17-11-22-9-8-14(17)10-12(2)23-19/h4-11,16,18H,3,21H2,1-2H3,(H,24,25)/t16?,18-/m0/s1. The first-order valence-corrected chi connectivity index (χ1v) is 8.47. The maximum Gasteiger partial charge on any atom is 0.321 e. The van der Waals surface area contributed by atoms with Gasteiger partial charge in [0.15, 0.2) is 0 Å². The van der Waals surface area contributed by atoms with Gasteiger partial charge in [-0.2, -0.15) is 0 Å². The van der Waals surface area contributed by atoms with Crippen molar-refractivity contribution in [1.82, 2.24) is 9.97 Å². The number of fused-ring (bicyclic) bond motifs is 1. The summed E-state index contributed by atoms with van der Waals surface area (Å²) < 4.78 is 5.95. The van der Waals surface area contributed by atoms with Crippen molar-refractivity contribution in [3.05, 3.63) is 60.0 Å². The number of aryl methyl sites for hydroxylation is 1. The normalized spacial score (nSPS) is 13.3. The number of carbonyl (C=O) groups is 1. The van der Waals surface area contributed by atoms with E-state index in [1.165, 1.54) is 0 Å². The third kappa shape index (κ3) is 3.65. The maximum atomic E-state index is 11.2. The van der Waals surface area contributed by atoms with Crippen LogP contribution in [0.5, 0.6) is 11.6 Å². The highest BCUT2D eigenvalue weighted by Crippen LogP contribution is 2.30. The van der Waals surface area contributed by atoms with Crippen molar-refractivity contribution in [2.24, 2.45) is 5.73 Å². The minimum absolute atomic E-state index is 0.247. The lowest BCUT2D eigenvalue weighted by atomic mass is 9.89. The molecule has 0 saturated carbocycles. The van der Waals surface area contributed by atoms with Gasteiger partial charge in [-0.3, -0.25) is 9.78 Å². The first kappa shape index (κ1) is 17.8. The fraction of sp³-hybridized carbons (Fsp3) is 0.250. The Morgan fingerprint density at radius 3 is 2.65 bits per heavy atom. The Balaban J connectivity index is 1.87. The van der Waals surface area contributed by atoms with E-state index in [2.05, 4.69) is 9.97 Å². The number of hydrogen-bond donors (Lipinski definition) is 2. The predicted molar refractivity (Wildman–Crippen MR) is 99.4 cm³/mol. The molecule has 0 fully saturated rings. The Kier molecular flexibility index (Phi) is 5.14. The Hall–Kier alpha value is -2.99. The highest BCUT2D eigenvalue weighted by atomic mass is 16.5. The summed E-state index contributed by atoms with van der Waals surface area (Å²) in [4.78, 5) is 19.8. The van der Waals surface area contributed by atoms with Crippen molar-refractivity contribution in [3.8, 4) is 11.6 Å². The topological polar surface area (TPSA) is 98.3 Å². The summed E-state index contributed by atoms with van der Waals surface area (Å²) in [7, 11) is 0. The van der Waals surface area contributed by atoms with E-state index in [1.54, 1.807) is 24.5 Å². The van der Waals surface area contributed by atoms with E-state index in [0.29, 0.717) is 18.1 Å². The van der Waals surface area contributed by atoms with Gasteiger partial charge in [0, 0.05) is 24.0 Å². The van der Waals surface area contributed by atoms with Crippen LogP contribution < -0.4 is 10.5 Å². The molecule has 6 nitrogen and oxygen atoms in total. The van der Waals surface area contributed by atoms with Crippen LogP contribution in [0.4, 0.5) is 0 Å². The third-order valence-corrected chi connectivity index (χ3v) is 4.41. The van der Waals surface area contributed by atoms with Crippen LogP contribution in [0.15, 0.2) is 48.8 Å². The Labute approximate surface area is 151 Å². The molecule has 134 valence electrons. The zero-order chi connectivity index (χ0) is 18.7. The van der Waals surface area contributed by atoms with Gasteiger partial charge < -0.3 is 15.6 Å². The molecule has 2 aromatic heterocycles. The monoisotopic (exact) mass is 351 g/mol. The highest BCUT2D eigenvalue weighted by molar-refractivity contribution is 5.86. The molecular weight excluding hydrogens is 330 g/mol. The molecule has 0 spiro atoms. The van der Waals surface area contributed by atoms with Crippen LogP contribution in [0.1, 0.15) is 30.5 Å². The average molecular weight is 351 g/mol. The van der Waals surface area contributed by atoms with Crippen molar-refractivity contribution in [3.63, 3.8) is 0 Å². The van der Waals surface area contributed by atoms with Crippen LogP contribution in [0.2, 0.25) is 0 Å². The number of pyridine rings is 2. The predicted octanol–water partition coefficient (Wildman–Crippen LogP) is 3.64. The lowest BCUT2D eigenvalue weighted by Crippen LogP contribution is -2.36. The molecule has 2 atom stereocenters. The molecule has 0 amide bonds. The lowest BCUT2D eigenvalue weighted by Gasteiger charge is -2.19. The largest absolute Gasteiger partial charge is 0.480 e. The zero-order valence-corrected chi connectivity index (χ0v) is 14.7. The molecule has 1 unspecified atom stereocenters. The number of aromatic nitrogens is 2. The van der Waals surface area contributed by atoms with Crippen LogP contribution in [0, 0.1) is 6.92 Å². The molecule has 2 heterocycles. The molecule has 0 radical (unpaired) electrons. The Morgan fingerprint density at radius 2 is 2.00 bits per heavy atom. The zero-order valence-electron chi connectivity index (χ0n) is 14.7. The van der Waals surface area contributed by atoms with Crippen molar-refractivity contribution < 1.29 is 14.6 Å². The Bertz CT molecular complexity index is 925. The van der Waals surface area contributed by atoms with Gasteiger partial charge in [-0.1, -0.05) is 19.1 Å². The number of carboxylic acids is 1. The smallest absolute Gasteiger partial charge is 0.321 e. The summed E-state index contributed by atoms with van der Waals surface area (Å²) in [6, 6.07) is 10.3. The van der Waals surface area contributed by atoms with Gasteiger partial charge in [0.25, 0.3) is 0 Å². The summed E-state index contributed by atoms with van der Waals surface area (Å²) in [5.41, 5.74) is 7.52. The van der Waals surface area contributed by atoms with E-state index >= 15 is 0 Å². The number of nitrogens with two attached hydrogens (primary N) is 1. The second kappa shape index (κ2) is 7.49. The summed E-state index contributed by atoms with van der Waals surface area (Å²) >= 11 is 0. The number of ether oxygens (including phenoxy) is 1. The van der Waals surface area contributed by atoms with Crippen molar-refractivity contribution in [2.45, 2.75) is 32.2 Å². The van der Waals surface area contributed by atoms with Gasteiger partial charge in [-0.25, -0.2) is 4.98 Å². The van der Waals surface area contributed by atoms with Crippen LogP contribution in [-0.4, -0.2) is 27.1 Å². The maximum absolute atomic E-state index is 11.2. The first-order valence-electron chi connectivity index (χ1n) is 8.47. The van der Waals surface area contributed by atoms with E-state index in [4.69, 9.17) is 15.6 Å². The number of aliphatic carboxylic acids is 1. The molecule has 3 aromatic rings. The minimum Gasteiger partial charge on any atom is -0.480 e. The highest BCUT2D eigenvalue weighted by Gasteiger charge is 2.24. The molecule has 1 aromatic carbocycles. The van der Waals surface area contributed by atoms with Gasteiger partial charge in [-0.15, -0.1) is 0 Å². The van der Waals surface area contributed by atoms with Gasteiger partial charge in [-0.05, 0) is 48.6 Å². The number of benzene rings is 1. The molecule has 6 heteroatoms. The summed E-state index contributed by atoms with van der Waals surface area (Å²) in [6.45, 7) is 3.84. The Morgan fingerprint density at radius 1 is 1.27 bits per heavy atom. The SMILES string of the molecule is CCC(c1ccc(Oc2nc(C)cc3ccncc23)cc1)[C@H](N)C(=O)O. The van der Waals surface area contributed by atoms with Crippen molar-refractivity contribution >= 4 is 16.7 Å². The fourth-order valence-electron chi connectivity index (χ4n) is 3.03. The molecule has 0 aliphatic carbocycles. The van der Waals surface area contributed by atoms with E-state index in [1.807, 2.05) is 38.1 Å². The molecule has 3 rings (SSSR count). The fourth-order valence-corrected chi connectivity index (χ4v) is 3.03. The minimum atomic E-state index is -1.000. The second-order valence-corrected chi connectivity index (χ2v) is 6.22. The molecule has 0 saturated heterocycles. The average Bonchev–Trinajstić information content (AvgIpc) is 2.63. The summed E-state index contributed by atoms with van der Waals surface area (Å²) in [5.74, 6) is -0.130. The van der Waals surface area contributed by atoms with Crippen LogP contribution in [0.3, 0.4) is 0 Å². The van der Waals surface area contributed by atoms with Gasteiger partial charge in [0.05, 0.1) is 5.39 Å². The second-order valence-electron chi connectivity index (χ2n) is 6.22. The number of nitrogens with zero attached hydrogens (tertiary/aromatic N) is 2. The van der Waals surface area contributed by atoms with Crippen LogP contribution in [0.25, 0.3) is 10.8 Å². The molecule has 3 N–H and O–H groups in total.